The molecule has 4 aromatic rings. The molecular weight excluding hydrogens is 494 g/mol. The summed E-state index contributed by atoms with van der Waals surface area (Å²) in [4.78, 5) is 13.5. The Bertz CT molecular complexity index is 1510. The van der Waals surface area contributed by atoms with E-state index in [2.05, 4.69) is 0 Å². The van der Waals surface area contributed by atoms with Gasteiger partial charge in [-0.05, 0) is 60.7 Å². The minimum absolute atomic E-state index is 0.113. The average Bonchev–Trinajstić information content (AvgIpc) is 2.96. The molecule has 0 radical (unpaired) electrons. The zero-order chi connectivity index (χ0) is 27.0. The summed E-state index contributed by atoms with van der Waals surface area (Å²) in [7, 11) is 0. The van der Waals surface area contributed by atoms with Gasteiger partial charge in [-0.1, -0.05) is 72.8 Å². The Balaban J connectivity index is 1.39. The molecule has 0 bridgehead atoms. The van der Waals surface area contributed by atoms with Gasteiger partial charge in [-0.2, -0.15) is 0 Å². The molecule has 4 aromatic carbocycles. The molecular formula is C34H28F2O3. The molecule has 0 atom stereocenters. The van der Waals surface area contributed by atoms with Crippen LogP contribution in [0.2, 0.25) is 0 Å². The van der Waals surface area contributed by atoms with Crippen molar-refractivity contribution in [1.29, 1.82) is 0 Å². The molecule has 0 saturated heterocycles. The van der Waals surface area contributed by atoms with E-state index in [1.807, 2.05) is 60.7 Å². The van der Waals surface area contributed by atoms with Crippen molar-refractivity contribution in [1.82, 2.24) is 0 Å². The molecule has 0 aliphatic heterocycles. The third-order valence-corrected chi connectivity index (χ3v) is 6.57. The zero-order valence-electron chi connectivity index (χ0n) is 21.4. The quantitative estimate of drug-likeness (QED) is 0.218. The summed E-state index contributed by atoms with van der Waals surface area (Å²) in [6.45, 7) is 0.498. The fourth-order valence-corrected chi connectivity index (χ4v) is 4.56. The van der Waals surface area contributed by atoms with Crippen molar-refractivity contribution in [3.63, 3.8) is 0 Å². The molecule has 0 heterocycles. The monoisotopic (exact) mass is 522 g/mol. The van der Waals surface area contributed by atoms with Crippen LogP contribution in [-0.2, 0) is 18.0 Å². The number of allylic oxidation sites excluding steroid dienone is 2. The summed E-state index contributed by atoms with van der Waals surface area (Å²) in [6, 6.07) is 28.2. The lowest BCUT2D eigenvalue weighted by molar-refractivity contribution is -0.112. The number of carbonyl (C=O) groups is 1. The van der Waals surface area contributed by atoms with Crippen LogP contribution in [0.1, 0.15) is 41.5 Å². The summed E-state index contributed by atoms with van der Waals surface area (Å²) >= 11 is 0. The SMILES string of the molecule is O=C1/C(=C/c2ccc(F)cc2OCc2ccccc2)CCC/C1=C\c1cccc(F)c1OCc1ccccc1. The summed E-state index contributed by atoms with van der Waals surface area (Å²) in [5.41, 5.74) is 4.21. The normalized spacial score (nSPS) is 15.5. The third-order valence-electron chi connectivity index (χ3n) is 6.57. The second kappa shape index (κ2) is 12.4. The number of para-hydroxylation sites is 1. The number of carbonyl (C=O) groups excluding carboxylic acids is 1. The number of hydrogen-bond donors (Lipinski definition) is 0. The first-order valence-corrected chi connectivity index (χ1v) is 12.9. The molecule has 5 heteroatoms. The van der Waals surface area contributed by atoms with E-state index in [0.29, 0.717) is 40.9 Å². The maximum atomic E-state index is 14.7. The minimum atomic E-state index is -0.481. The van der Waals surface area contributed by atoms with Crippen LogP contribution in [0.5, 0.6) is 11.5 Å². The Morgan fingerprint density at radius 1 is 0.667 bits per heavy atom. The third kappa shape index (κ3) is 6.68. The number of ketones is 1. The average molecular weight is 523 g/mol. The molecule has 39 heavy (non-hydrogen) atoms. The molecule has 1 fully saturated rings. The topological polar surface area (TPSA) is 35.5 Å². The largest absolute Gasteiger partial charge is 0.488 e. The summed E-state index contributed by atoms with van der Waals surface area (Å²) in [5.74, 6) is -0.515. The first-order chi connectivity index (χ1) is 19.1. The molecule has 0 aromatic heterocycles. The summed E-state index contributed by atoms with van der Waals surface area (Å²) in [5, 5.41) is 0. The Kier molecular flexibility index (Phi) is 8.27. The van der Waals surface area contributed by atoms with E-state index in [4.69, 9.17) is 9.47 Å². The van der Waals surface area contributed by atoms with Crippen LogP contribution >= 0.6 is 0 Å². The fourth-order valence-electron chi connectivity index (χ4n) is 4.56. The van der Waals surface area contributed by atoms with Crippen molar-refractivity contribution in [2.75, 3.05) is 0 Å². The van der Waals surface area contributed by atoms with Crippen molar-refractivity contribution in [3.05, 3.63) is 142 Å². The van der Waals surface area contributed by atoms with Crippen molar-refractivity contribution in [2.24, 2.45) is 0 Å². The van der Waals surface area contributed by atoms with Gasteiger partial charge in [0.05, 0.1) is 0 Å². The Hall–Kier alpha value is -4.51. The number of halogens is 2. The first-order valence-electron chi connectivity index (χ1n) is 12.9. The second-order valence-electron chi connectivity index (χ2n) is 9.41. The molecule has 5 rings (SSSR count). The van der Waals surface area contributed by atoms with Gasteiger partial charge in [-0.15, -0.1) is 0 Å². The fraction of sp³-hybridized carbons (Fsp3) is 0.147. The van der Waals surface area contributed by atoms with Gasteiger partial charge in [0.15, 0.2) is 17.3 Å². The second-order valence-corrected chi connectivity index (χ2v) is 9.41. The molecule has 0 amide bonds. The molecule has 1 aliphatic carbocycles. The maximum Gasteiger partial charge on any atom is 0.185 e. The van der Waals surface area contributed by atoms with E-state index in [-0.39, 0.29) is 24.7 Å². The van der Waals surface area contributed by atoms with Crippen LogP contribution < -0.4 is 9.47 Å². The minimum Gasteiger partial charge on any atom is -0.488 e. The Morgan fingerprint density at radius 3 is 1.95 bits per heavy atom. The Morgan fingerprint density at radius 2 is 1.28 bits per heavy atom. The molecule has 1 aliphatic rings. The summed E-state index contributed by atoms with van der Waals surface area (Å²) in [6.07, 6.45) is 5.42. The van der Waals surface area contributed by atoms with Gasteiger partial charge in [0, 0.05) is 28.3 Å². The predicted octanol–water partition coefficient (Wildman–Crippen LogP) is 8.34. The van der Waals surface area contributed by atoms with Gasteiger partial charge in [0.25, 0.3) is 0 Å². The maximum absolute atomic E-state index is 14.7. The van der Waals surface area contributed by atoms with Crippen LogP contribution in [0.3, 0.4) is 0 Å². The van der Waals surface area contributed by atoms with Crippen LogP contribution in [-0.4, -0.2) is 5.78 Å². The van der Waals surface area contributed by atoms with Crippen LogP contribution in [0.15, 0.2) is 108 Å². The Labute approximate surface area is 227 Å². The first kappa shape index (κ1) is 26.1. The van der Waals surface area contributed by atoms with Crippen molar-refractivity contribution in [2.45, 2.75) is 32.5 Å². The lowest BCUT2D eigenvalue weighted by atomic mass is 9.86. The summed E-state index contributed by atoms with van der Waals surface area (Å²) < 4.78 is 40.6. The van der Waals surface area contributed by atoms with Gasteiger partial charge in [-0.3, -0.25) is 4.79 Å². The highest BCUT2D eigenvalue weighted by Gasteiger charge is 2.22. The van der Waals surface area contributed by atoms with Crippen molar-refractivity contribution < 1.29 is 23.0 Å². The highest BCUT2D eigenvalue weighted by atomic mass is 19.1. The van der Waals surface area contributed by atoms with Gasteiger partial charge < -0.3 is 9.47 Å². The van der Waals surface area contributed by atoms with Crippen molar-refractivity contribution in [3.8, 4) is 11.5 Å². The molecule has 0 unspecified atom stereocenters. The molecule has 0 spiro atoms. The number of rotatable bonds is 8. The van der Waals surface area contributed by atoms with E-state index in [1.165, 1.54) is 18.2 Å². The highest BCUT2D eigenvalue weighted by molar-refractivity contribution is 6.14. The van der Waals surface area contributed by atoms with E-state index < -0.39 is 11.6 Å². The van der Waals surface area contributed by atoms with Crippen LogP contribution in [0, 0.1) is 11.6 Å². The standard InChI is InChI=1S/C34H28F2O3/c35-30-18-17-26(32(21-30)38-22-24-9-3-1-4-10-24)19-27-13-7-14-28(33(27)37)20-29-15-8-16-31(36)34(29)39-23-25-11-5-2-6-12-25/h1-6,8-12,15-21H,7,13-14,22-23H2/b27-19+,28-20+. The van der Waals surface area contributed by atoms with Crippen LogP contribution in [0.4, 0.5) is 8.78 Å². The predicted molar refractivity (Wildman–Crippen MR) is 149 cm³/mol. The highest BCUT2D eigenvalue weighted by Crippen LogP contribution is 2.33. The van der Waals surface area contributed by atoms with Crippen molar-refractivity contribution >= 4 is 17.9 Å². The van der Waals surface area contributed by atoms with E-state index in [1.54, 1.807) is 30.4 Å². The van der Waals surface area contributed by atoms with Gasteiger partial charge >= 0.3 is 0 Å². The van der Waals surface area contributed by atoms with E-state index >= 15 is 0 Å². The van der Waals surface area contributed by atoms with Crippen LogP contribution in [0.25, 0.3) is 12.2 Å². The van der Waals surface area contributed by atoms with Gasteiger partial charge in [0.1, 0.15) is 24.8 Å². The van der Waals surface area contributed by atoms with Gasteiger partial charge in [-0.25, -0.2) is 8.78 Å². The number of hydrogen-bond acceptors (Lipinski definition) is 3. The number of benzene rings is 4. The number of ether oxygens (including phenoxy) is 2. The number of Topliss-reactive ketones (excluding diaryl/α,β-unsaturated/α-hetero) is 1. The van der Waals surface area contributed by atoms with E-state index in [0.717, 1.165) is 17.5 Å². The lowest BCUT2D eigenvalue weighted by Gasteiger charge is -2.18. The smallest absolute Gasteiger partial charge is 0.185 e. The lowest BCUT2D eigenvalue weighted by Crippen LogP contribution is -2.12. The van der Waals surface area contributed by atoms with Gasteiger partial charge in [0.2, 0.25) is 0 Å². The van der Waals surface area contributed by atoms with E-state index in [9.17, 15) is 13.6 Å². The molecule has 196 valence electrons. The molecule has 3 nitrogen and oxygen atoms in total. The zero-order valence-corrected chi connectivity index (χ0v) is 21.4. The molecule has 1 saturated carbocycles. The molecule has 0 N–H and O–H groups in total.